The van der Waals surface area contributed by atoms with Crippen molar-refractivity contribution in [1.82, 2.24) is 5.32 Å². The lowest BCUT2D eigenvalue weighted by atomic mass is 10.1. The second-order valence-corrected chi connectivity index (χ2v) is 10.8. The number of anilines is 1. The van der Waals surface area contributed by atoms with E-state index in [1.54, 1.807) is 48.5 Å². The molecule has 0 saturated heterocycles. The molecule has 2 N–H and O–H groups in total. The van der Waals surface area contributed by atoms with Crippen LogP contribution in [0.3, 0.4) is 0 Å². The molecule has 0 unspecified atom stereocenters. The number of carbonyl (C=O) groups excluding carboxylic acids is 1. The first-order valence-electron chi connectivity index (χ1n) is 11.2. The molecule has 0 bridgehead atoms. The lowest BCUT2D eigenvalue weighted by Gasteiger charge is -2.14. The average molecular weight is 592 g/mol. The molecule has 0 atom stereocenters. The van der Waals surface area contributed by atoms with E-state index < -0.39 is 15.9 Å². The maximum Gasteiger partial charge on any atom is 0.261 e. The predicted octanol–water partition coefficient (Wildman–Crippen LogP) is 7.05. The highest BCUT2D eigenvalue weighted by molar-refractivity contribution is 7.92. The topological polar surface area (TPSA) is 93.7 Å². The minimum absolute atomic E-state index is 0.0292. The molecule has 0 heterocycles. The van der Waals surface area contributed by atoms with Crippen molar-refractivity contribution in [3.8, 4) is 17.2 Å². The van der Waals surface area contributed by atoms with E-state index in [0.29, 0.717) is 27.3 Å². The lowest BCUT2D eigenvalue weighted by molar-refractivity contribution is 0.0948. The SMILES string of the molecule is O=C(NCCOc1ccccc1Cl)c1cc(Cl)ccc1NS(=O)(=O)c1ccc(Oc2ccccc2Cl)cc1. The zero-order valence-electron chi connectivity index (χ0n) is 19.7. The third kappa shape index (κ3) is 7.11. The van der Waals surface area contributed by atoms with Crippen molar-refractivity contribution in [2.24, 2.45) is 0 Å². The number of amides is 1. The summed E-state index contributed by atoms with van der Waals surface area (Å²) in [6.07, 6.45) is 0. The van der Waals surface area contributed by atoms with E-state index in [1.165, 1.54) is 42.5 Å². The van der Waals surface area contributed by atoms with Crippen molar-refractivity contribution in [3.63, 3.8) is 0 Å². The summed E-state index contributed by atoms with van der Waals surface area (Å²) in [5.41, 5.74) is 0.118. The van der Waals surface area contributed by atoms with Gasteiger partial charge in [0.2, 0.25) is 0 Å². The highest BCUT2D eigenvalue weighted by atomic mass is 35.5. The summed E-state index contributed by atoms with van der Waals surface area (Å²) in [5, 5.41) is 3.84. The number of benzene rings is 4. The third-order valence-corrected chi connectivity index (χ3v) is 7.39. The summed E-state index contributed by atoms with van der Waals surface area (Å²) >= 11 is 18.3. The highest BCUT2D eigenvalue weighted by Crippen LogP contribution is 2.30. The monoisotopic (exact) mass is 590 g/mol. The standard InChI is InChI=1S/C27H21Cl3N2O5S/c28-18-9-14-24(21(17-18)27(33)31-15-16-36-25-7-3-1-5-22(25)29)32-38(34,35)20-12-10-19(11-13-20)37-26-8-4-2-6-23(26)30/h1-14,17,32H,15-16H2,(H,31,33). The Morgan fingerprint density at radius 3 is 2.08 bits per heavy atom. The molecule has 0 radical (unpaired) electrons. The summed E-state index contributed by atoms with van der Waals surface area (Å²) in [5.74, 6) is 0.805. The van der Waals surface area contributed by atoms with Crippen LogP contribution in [-0.2, 0) is 10.0 Å². The molecule has 1 amide bonds. The van der Waals surface area contributed by atoms with E-state index in [1.807, 2.05) is 0 Å². The van der Waals surface area contributed by atoms with Crippen LogP contribution in [0.25, 0.3) is 0 Å². The van der Waals surface area contributed by atoms with Gasteiger partial charge in [-0.2, -0.15) is 0 Å². The normalized spacial score (nSPS) is 11.0. The molecule has 0 aliphatic rings. The van der Waals surface area contributed by atoms with Gasteiger partial charge < -0.3 is 14.8 Å². The summed E-state index contributed by atoms with van der Waals surface area (Å²) in [6.45, 7) is 0.301. The van der Waals surface area contributed by atoms with Gasteiger partial charge in [0.1, 0.15) is 23.9 Å². The quantitative estimate of drug-likeness (QED) is 0.193. The summed E-state index contributed by atoms with van der Waals surface area (Å²) < 4.78 is 39.9. The van der Waals surface area contributed by atoms with Crippen LogP contribution >= 0.6 is 34.8 Å². The highest BCUT2D eigenvalue weighted by Gasteiger charge is 2.20. The molecule has 0 aromatic heterocycles. The van der Waals surface area contributed by atoms with Crippen LogP contribution in [-0.4, -0.2) is 27.5 Å². The van der Waals surface area contributed by atoms with Gasteiger partial charge in [0.05, 0.1) is 32.7 Å². The second kappa shape index (κ2) is 12.4. The van der Waals surface area contributed by atoms with Crippen molar-refractivity contribution < 1.29 is 22.7 Å². The zero-order valence-corrected chi connectivity index (χ0v) is 22.7. The van der Waals surface area contributed by atoms with Gasteiger partial charge in [-0.15, -0.1) is 0 Å². The fourth-order valence-electron chi connectivity index (χ4n) is 3.32. The molecular formula is C27H21Cl3N2O5S. The van der Waals surface area contributed by atoms with E-state index in [0.717, 1.165) is 0 Å². The predicted molar refractivity (Wildman–Crippen MR) is 150 cm³/mol. The van der Waals surface area contributed by atoms with Crippen LogP contribution in [0.4, 0.5) is 5.69 Å². The number of nitrogens with one attached hydrogen (secondary N) is 2. The summed E-state index contributed by atoms with van der Waals surface area (Å²) in [4.78, 5) is 12.8. The van der Waals surface area contributed by atoms with Crippen molar-refractivity contribution in [1.29, 1.82) is 0 Å². The Balaban J connectivity index is 1.43. The van der Waals surface area contributed by atoms with Crippen molar-refractivity contribution in [2.75, 3.05) is 17.9 Å². The molecule has 11 heteroatoms. The first-order chi connectivity index (χ1) is 18.2. The maximum absolute atomic E-state index is 13.1. The van der Waals surface area contributed by atoms with E-state index in [-0.39, 0.29) is 34.3 Å². The summed E-state index contributed by atoms with van der Waals surface area (Å²) in [6, 6.07) is 24.0. The Bertz CT molecular complexity index is 1550. The number of hydrogen-bond donors (Lipinski definition) is 2. The number of sulfonamides is 1. The lowest BCUT2D eigenvalue weighted by Crippen LogP contribution is -2.29. The number of carbonyl (C=O) groups is 1. The largest absolute Gasteiger partial charge is 0.490 e. The molecular weight excluding hydrogens is 571 g/mol. The van der Waals surface area contributed by atoms with Crippen molar-refractivity contribution >= 4 is 56.4 Å². The molecule has 4 aromatic carbocycles. The summed E-state index contributed by atoms with van der Waals surface area (Å²) in [7, 11) is -4.04. The van der Waals surface area contributed by atoms with Crippen LogP contribution in [0.15, 0.2) is 95.9 Å². The number of rotatable bonds is 10. The van der Waals surface area contributed by atoms with Gasteiger partial charge in [0.15, 0.2) is 0 Å². The Morgan fingerprint density at radius 1 is 0.789 bits per heavy atom. The smallest absolute Gasteiger partial charge is 0.261 e. The Morgan fingerprint density at radius 2 is 1.42 bits per heavy atom. The Kier molecular flexibility index (Phi) is 9.01. The molecule has 0 fully saturated rings. The number of hydrogen-bond acceptors (Lipinski definition) is 5. The molecule has 0 aliphatic carbocycles. The minimum atomic E-state index is -4.04. The number of halogens is 3. The van der Waals surface area contributed by atoms with Gasteiger partial charge in [-0.3, -0.25) is 9.52 Å². The maximum atomic E-state index is 13.1. The molecule has 38 heavy (non-hydrogen) atoms. The molecule has 4 rings (SSSR count). The molecule has 0 saturated carbocycles. The van der Waals surface area contributed by atoms with E-state index >= 15 is 0 Å². The van der Waals surface area contributed by atoms with E-state index in [9.17, 15) is 13.2 Å². The minimum Gasteiger partial charge on any atom is -0.490 e. The van der Waals surface area contributed by atoms with Gasteiger partial charge >= 0.3 is 0 Å². The van der Waals surface area contributed by atoms with E-state index in [2.05, 4.69) is 10.0 Å². The van der Waals surface area contributed by atoms with Crippen molar-refractivity contribution in [2.45, 2.75) is 4.90 Å². The fourth-order valence-corrected chi connectivity index (χ4v) is 4.94. The number of para-hydroxylation sites is 2. The third-order valence-electron chi connectivity index (χ3n) is 5.15. The average Bonchev–Trinajstić information content (AvgIpc) is 2.90. The van der Waals surface area contributed by atoms with Gasteiger partial charge in [0, 0.05) is 5.02 Å². The fraction of sp³-hybridized carbons (Fsp3) is 0.0741. The zero-order chi connectivity index (χ0) is 27.1. The number of ether oxygens (including phenoxy) is 2. The first kappa shape index (κ1) is 27.6. The molecule has 196 valence electrons. The van der Waals surface area contributed by atoms with Crippen LogP contribution in [0.2, 0.25) is 15.1 Å². The van der Waals surface area contributed by atoms with Crippen LogP contribution in [0.1, 0.15) is 10.4 Å². The van der Waals surface area contributed by atoms with Crippen LogP contribution < -0.4 is 19.5 Å². The van der Waals surface area contributed by atoms with Crippen LogP contribution in [0.5, 0.6) is 17.2 Å². The van der Waals surface area contributed by atoms with Gasteiger partial charge in [0.25, 0.3) is 15.9 Å². The molecule has 0 spiro atoms. The molecule has 4 aromatic rings. The van der Waals surface area contributed by atoms with Crippen LogP contribution in [0, 0.1) is 0 Å². The molecule has 7 nitrogen and oxygen atoms in total. The first-order valence-corrected chi connectivity index (χ1v) is 13.8. The van der Waals surface area contributed by atoms with Gasteiger partial charge in [-0.05, 0) is 66.7 Å². The molecule has 0 aliphatic heterocycles. The Labute approximate surface area is 235 Å². The van der Waals surface area contributed by atoms with Gasteiger partial charge in [-0.1, -0.05) is 59.1 Å². The van der Waals surface area contributed by atoms with Crippen molar-refractivity contribution in [3.05, 3.63) is 112 Å². The van der Waals surface area contributed by atoms with E-state index in [4.69, 9.17) is 44.3 Å². The second-order valence-electron chi connectivity index (χ2n) is 7.83. The Hall–Kier alpha value is -3.43. The van der Waals surface area contributed by atoms with Gasteiger partial charge in [-0.25, -0.2) is 8.42 Å².